The van der Waals surface area contributed by atoms with Crippen LogP contribution in [-0.4, -0.2) is 11.0 Å². The van der Waals surface area contributed by atoms with E-state index in [-0.39, 0.29) is 10.6 Å². The molecule has 0 saturated heterocycles. The molecule has 2 unspecified atom stereocenters. The normalized spacial score (nSPS) is 23.3. The monoisotopic (exact) mass is 282 g/mol. The Kier molecular flexibility index (Phi) is 4.77. The molecule has 19 heavy (non-hydrogen) atoms. The van der Waals surface area contributed by atoms with E-state index in [0.717, 1.165) is 11.5 Å². The van der Waals surface area contributed by atoms with Crippen molar-refractivity contribution in [3.8, 4) is 0 Å². The molecule has 0 aromatic heterocycles. The van der Waals surface area contributed by atoms with Gasteiger partial charge in [0.15, 0.2) is 0 Å². The van der Waals surface area contributed by atoms with Crippen molar-refractivity contribution in [2.45, 2.75) is 45.2 Å². The second-order valence-electron chi connectivity index (χ2n) is 5.38. The Balaban J connectivity index is 1.98. The van der Waals surface area contributed by atoms with E-state index in [0.29, 0.717) is 17.6 Å². The third-order valence-corrected chi connectivity index (χ3v) is 4.13. The highest BCUT2D eigenvalue weighted by molar-refractivity contribution is 6.31. The van der Waals surface area contributed by atoms with E-state index < -0.39 is 0 Å². The summed E-state index contributed by atoms with van der Waals surface area (Å²) in [5.74, 6) is 0.756. The molecular weight excluding hydrogens is 264 g/mol. The second kappa shape index (κ2) is 6.35. The minimum absolute atomic E-state index is 0.0956. The minimum Gasteiger partial charge on any atom is -0.310 e. The van der Waals surface area contributed by atoms with Gasteiger partial charge in [0, 0.05) is 29.7 Å². The molecule has 0 bridgehead atoms. The van der Waals surface area contributed by atoms with E-state index in [1.54, 1.807) is 12.1 Å². The van der Waals surface area contributed by atoms with E-state index in [2.05, 4.69) is 12.2 Å². The molecule has 1 saturated carbocycles. The summed E-state index contributed by atoms with van der Waals surface area (Å²) in [7, 11) is 0. The lowest BCUT2D eigenvalue weighted by Crippen LogP contribution is -2.33. The highest BCUT2D eigenvalue weighted by Crippen LogP contribution is 2.25. The Bertz CT molecular complexity index is 465. The van der Waals surface area contributed by atoms with Crippen LogP contribution in [0.5, 0.6) is 0 Å². The van der Waals surface area contributed by atoms with E-state index in [1.807, 2.05) is 0 Å². The summed E-state index contributed by atoms with van der Waals surface area (Å²) in [6.45, 7) is 2.87. The first-order valence-electron chi connectivity index (χ1n) is 6.72. The van der Waals surface area contributed by atoms with E-state index in [9.17, 15) is 10.1 Å². The van der Waals surface area contributed by atoms with Gasteiger partial charge < -0.3 is 5.32 Å². The molecular formula is C14H19ClN2O2. The molecule has 2 atom stereocenters. The van der Waals surface area contributed by atoms with Crippen LogP contribution in [-0.2, 0) is 6.54 Å². The quantitative estimate of drug-likeness (QED) is 0.673. The molecule has 1 aliphatic rings. The van der Waals surface area contributed by atoms with Crippen LogP contribution < -0.4 is 5.32 Å². The van der Waals surface area contributed by atoms with Crippen LogP contribution in [0.1, 0.15) is 38.2 Å². The summed E-state index contributed by atoms with van der Waals surface area (Å²) in [6, 6.07) is 5.09. The van der Waals surface area contributed by atoms with Gasteiger partial charge >= 0.3 is 0 Å². The second-order valence-corrected chi connectivity index (χ2v) is 5.79. The van der Waals surface area contributed by atoms with Crippen molar-refractivity contribution in [2.24, 2.45) is 5.92 Å². The largest absolute Gasteiger partial charge is 0.310 e. The fourth-order valence-electron chi connectivity index (χ4n) is 2.68. The number of halogens is 1. The fourth-order valence-corrected chi connectivity index (χ4v) is 2.87. The first-order valence-corrected chi connectivity index (χ1v) is 7.10. The number of nitro groups is 1. The fraction of sp³-hybridized carbons (Fsp3) is 0.571. The molecule has 1 aromatic rings. The molecule has 1 aromatic carbocycles. The summed E-state index contributed by atoms with van der Waals surface area (Å²) in [6.07, 6.45) is 4.90. The zero-order chi connectivity index (χ0) is 13.8. The van der Waals surface area contributed by atoms with Crippen molar-refractivity contribution in [1.29, 1.82) is 0 Å². The first kappa shape index (κ1) is 14.3. The zero-order valence-corrected chi connectivity index (χ0v) is 11.8. The third-order valence-electron chi connectivity index (χ3n) is 3.76. The van der Waals surface area contributed by atoms with E-state index >= 15 is 0 Å². The average molecular weight is 283 g/mol. The summed E-state index contributed by atoms with van der Waals surface area (Å²) in [4.78, 5) is 10.4. The molecule has 4 nitrogen and oxygen atoms in total. The van der Waals surface area contributed by atoms with Crippen LogP contribution in [0.15, 0.2) is 18.2 Å². The molecule has 1 N–H and O–H groups in total. The Morgan fingerprint density at radius 1 is 1.47 bits per heavy atom. The number of nitro benzene ring substituents is 1. The standard InChI is InChI=1S/C14H19ClN2O2/c1-10-3-2-4-12(7-10)16-9-11-8-13(17(18)19)5-6-14(11)15/h5-6,8,10,12,16H,2-4,7,9H2,1H3. The van der Waals surface area contributed by atoms with Gasteiger partial charge in [-0.25, -0.2) is 0 Å². The van der Waals surface area contributed by atoms with Crippen molar-refractivity contribution in [3.63, 3.8) is 0 Å². The molecule has 5 heteroatoms. The minimum atomic E-state index is -0.386. The average Bonchev–Trinajstić information content (AvgIpc) is 2.37. The Hall–Kier alpha value is -1.13. The number of rotatable bonds is 4. The molecule has 2 rings (SSSR count). The lowest BCUT2D eigenvalue weighted by Gasteiger charge is -2.27. The Morgan fingerprint density at radius 3 is 2.95 bits per heavy atom. The van der Waals surface area contributed by atoms with Gasteiger partial charge in [0.05, 0.1) is 4.92 Å². The number of hydrogen-bond donors (Lipinski definition) is 1. The summed E-state index contributed by atoms with van der Waals surface area (Å²) >= 11 is 6.08. The number of nitrogens with zero attached hydrogens (tertiary/aromatic N) is 1. The maximum absolute atomic E-state index is 10.8. The smallest absolute Gasteiger partial charge is 0.269 e. The summed E-state index contributed by atoms with van der Waals surface area (Å²) in [5, 5.41) is 14.8. The third kappa shape index (κ3) is 3.91. The summed E-state index contributed by atoms with van der Waals surface area (Å²) < 4.78 is 0. The van der Waals surface area contributed by atoms with Crippen molar-refractivity contribution < 1.29 is 4.92 Å². The maximum Gasteiger partial charge on any atom is 0.269 e. The number of hydrogen-bond acceptors (Lipinski definition) is 3. The van der Waals surface area contributed by atoms with Crippen LogP contribution in [0.3, 0.4) is 0 Å². The SMILES string of the molecule is CC1CCCC(NCc2cc([N+](=O)[O-])ccc2Cl)C1. The number of nitrogens with one attached hydrogen (secondary N) is 1. The van der Waals surface area contributed by atoms with Crippen LogP contribution in [0.2, 0.25) is 5.02 Å². The molecule has 104 valence electrons. The van der Waals surface area contributed by atoms with Crippen LogP contribution in [0.25, 0.3) is 0 Å². The molecule has 1 fully saturated rings. The van der Waals surface area contributed by atoms with Gasteiger partial charge in [-0.15, -0.1) is 0 Å². The van der Waals surface area contributed by atoms with Crippen molar-refractivity contribution >= 4 is 17.3 Å². The van der Waals surface area contributed by atoms with E-state index in [1.165, 1.54) is 31.7 Å². The molecule has 0 amide bonds. The topological polar surface area (TPSA) is 55.2 Å². The van der Waals surface area contributed by atoms with Gasteiger partial charge in [-0.05, 0) is 30.4 Å². The van der Waals surface area contributed by atoms with Crippen molar-refractivity contribution in [3.05, 3.63) is 38.9 Å². The molecule has 1 aliphatic carbocycles. The predicted molar refractivity (Wildman–Crippen MR) is 76.4 cm³/mol. The zero-order valence-electron chi connectivity index (χ0n) is 11.1. The van der Waals surface area contributed by atoms with Crippen LogP contribution in [0, 0.1) is 16.0 Å². The highest BCUT2D eigenvalue weighted by atomic mass is 35.5. The highest BCUT2D eigenvalue weighted by Gasteiger charge is 2.19. The molecule has 0 spiro atoms. The molecule has 0 aliphatic heterocycles. The van der Waals surface area contributed by atoms with E-state index in [4.69, 9.17) is 11.6 Å². The van der Waals surface area contributed by atoms with Gasteiger partial charge in [0.25, 0.3) is 5.69 Å². The van der Waals surface area contributed by atoms with Gasteiger partial charge in [0.1, 0.15) is 0 Å². The van der Waals surface area contributed by atoms with Crippen LogP contribution >= 0.6 is 11.6 Å². The number of non-ortho nitro benzene ring substituents is 1. The number of benzene rings is 1. The molecule has 0 heterocycles. The predicted octanol–water partition coefficient (Wildman–Crippen LogP) is 3.92. The van der Waals surface area contributed by atoms with Gasteiger partial charge in [-0.3, -0.25) is 10.1 Å². The van der Waals surface area contributed by atoms with Gasteiger partial charge in [-0.2, -0.15) is 0 Å². The van der Waals surface area contributed by atoms with Crippen molar-refractivity contribution in [2.75, 3.05) is 0 Å². The lowest BCUT2D eigenvalue weighted by atomic mass is 9.87. The Labute approximate surface area is 118 Å². The summed E-state index contributed by atoms with van der Waals surface area (Å²) in [5.41, 5.74) is 0.896. The van der Waals surface area contributed by atoms with Gasteiger partial charge in [-0.1, -0.05) is 31.4 Å². The first-order chi connectivity index (χ1) is 9.06. The Morgan fingerprint density at radius 2 is 2.26 bits per heavy atom. The maximum atomic E-state index is 10.8. The van der Waals surface area contributed by atoms with Crippen molar-refractivity contribution in [1.82, 2.24) is 5.32 Å². The van der Waals surface area contributed by atoms with Crippen LogP contribution in [0.4, 0.5) is 5.69 Å². The lowest BCUT2D eigenvalue weighted by molar-refractivity contribution is -0.384. The molecule has 0 radical (unpaired) electrons. The van der Waals surface area contributed by atoms with Gasteiger partial charge in [0.2, 0.25) is 0 Å².